The number of hydrogen-bond donors (Lipinski definition) is 3. The van der Waals surface area contributed by atoms with Crippen LogP contribution in [0.4, 0.5) is 17.1 Å². The molecule has 1 fully saturated rings. The lowest BCUT2D eigenvalue weighted by Gasteiger charge is -2.19. The number of likely N-dealkylation sites (N-methyl/N-ethyl adjacent to an activating group) is 1. The predicted octanol–water partition coefficient (Wildman–Crippen LogP) is 4.51. The molecule has 4 rings (SSSR count). The predicted molar refractivity (Wildman–Crippen MR) is 138 cm³/mol. The molecule has 6 nitrogen and oxygen atoms in total. The van der Waals surface area contributed by atoms with Crippen LogP contribution in [0.1, 0.15) is 22.6 Å². The number of aryl methyl sites for hydroxylation is 1. The Morgan fingerprint density at radius 1 is 0.941 bits per heavy atom. The van der Waals surface area contributed by atoms with Crippen molar-refractivity contribution in [3.63, 3.8) is 0 Å². The second-order valence-electron chi connectivity index (χ2n) is 8.87. The van der Waals surface area contributed by atoms with Gasteiger partial charge in [0, 0.05) is 30.8 Å². The summed E-state index contributed by atoms with van der Waals surface area (Å²) >= 11 is 0. The van der Waals surface area contributed by atoms with E-state index in [9.17, 15) is 9.59 Å². The van der Waals surface area contributed by atoms with Crippen molar-refractivity contribution >= 4 is 35.0 Å². The van der Waals surface area contributed by atoms with E-state index in [0.29, 0.717) is 17.9 Å². The molecule has 3 aromatic carbocycles. The highest BCUT2D eigenvalue weighted by atomic mass is 16.2. The molecule has 0 spiro atoms. The Morgan fingerprint density at radius 2 is 1.65 bits per heavy atom. The lowest BCUT2D eigenvalue weighted by molar-refractivity contribution is -0.119. The van der Waals surface area contributed by atoms with Gasteiger partial charge in [-0.05, 0) is 55.4 Å². The molecule has 6 heteroatoms. The van der Waals surface area contributed by atoms with E-state index in [4.69, 9.17) is 5.73 Å². The number of nitrogens with one attached hydrogen (secondary N) is 2. The van der Waals surface area contributed by atoms with Crippen LogP contribution in [0.15, 0.2) is 78.9 Å². The Bertz CT molecular complexity index is 1190. The van der Waals surface area contributed by atoms with Gasteiger partial charge in [0.2, 0.25) is 11.8 Å². The molecule has 0 radical (unpaired) electrons. The third-order valence-electron chi connectivity index (χ3n) is 6.17. The Kier molecular flexibility index (Phi) is 7.09. The molecular weight excluding hydrogens is 424 g/mol. The number of nitrogens with zero attached hydrogens (tertiary/aromatic N) is 1. The lowest BCUT2D eigenvalue weighted by atomic mass is 9.88. The van der Waals surface area contributed by atoms with Crippen molar-refractivity contribution in [3.05, 3.63) is 95.6 Å². The molecule has 2 unspecified atom stereocenters. The Hall–Kier alpha value is -3.90. The maximum Gasteiger partial charge on any atom is 0.248 e. The standard InChI is InChI=1S/C28H30N4O2/c1-19-7-14-22(15-8-19)30-28(34)24-18-32(2)17-23(24)21-12-9-20(10-13-21)11-16-27(33)31-26-6-4-3-5-25(26)29/h3-16,23-24H,17-18,29H2,1-2H3,(H,30,34)(H,31,33). The molecular formula is C28H30N4O2. The minimum atomic E-state index is -0.243. The van der Waals surface area contributed by atoms with Crippen molar-refractivity contribution in [2.75, 3.05) is 36.5 Å². The van der Waals surface area contributed by atoms with Crippen molar-refractivity contribution in [1.82, 2.24) is 4.90 Å². The molecule has 2 atom stereocenters. The zero-order chi connectivity index (χ0) is 24.1. The van der Waals surface area contributed by atoms with Gasteiger partial charge in [0.25, 0.3) is 0 Å². The van der Waals surface area contributed by atoms with Gasteiger partial charge < -0.3 is 21.3 Å². The Balaban J connectivity index is 1.40. The number of benzene rings is 3. The van der Waals surface area contributed by atoms with Crippen LogP contribution in [-0.4, -0.2) is 36.9 Å². The lowest BCUT2D eigenvalue weighted by Crippen LogP contribution is -2.28. The highest BCUT2D eigenvalue weighted by Gasteiger charge is 2.36. The second-order valence-corrected chi connectivity index (χ2v) is 8.87. The zero-order valence-electron chi connectivity index (χ0n) is 19.5. The van der Waals surface area contributed by atoms with Crippen LogP contribution in [-0.2, 0) is 9.59 Å². The van der Waals surface area contributed by atoms with Crippen molar-refractivity contribution in [1.29, 1.82) is 0 Å². The first-order chi connectivity index (χ1) is 16.4. The largest absolute Gasteiger partial charge is 0.397 e. The highest BCUT2D eigenvalue weighted by molar-refractivity contribution is 6.03. The SMILES string of the molecule is Cc1ccc(NC(=O)C2CN(C)CC2c2ccc(C=CC(=O)Nc3ccccc3N)cc2)cc1. The zero-order valence-corrected chi connectivity index (χ0v) is 19.5. The first kappa shape index (κ1) is 23.3. The summed E-state index contributed by atoms with van der Waals surface area (Å²) in [6.07, 6.45) is 3.25. The monoisotopic (exact) mass is 454 g/mol. The van der Waals surface area contributed by atoms with Crippen molar-refractivity contribution in [3.8, 4) is 0 Å². The Morgan fingerprint density at radius 3 is 2.35 bits per heavy atom. The van der Waals surface area contributed by atoms with Gasteiger partial charge in [-0.3, -0.25) is 9.59 Å². The van der Waals surface area contributed by atoms with Gasteiger partial charge >= 0.3 is 0 Å². The molecule has 0 bridgehead atoms. The van der Waals surface area contributed by atoms with Gasteiger partial charge in [-0.15, -0.1) is 0 Å². The molecule has 1 heterocycles. The van der Waals surface area contributed by atoms with Crippen molar-refractivity contribution in [2.24, 2.45) is 5.92 Å². The number of carbonyl (C=O) groups excluding carboxylic acids is 2. The summed E-state index contributed by atoms with van der Waals surface area (Å²) < 4.78 is 0. The number of amides is 2. The van der Waals surface area contributed by atoms with Gasteiger partial charge in [-0.1, -0.05) is 54.1 Å². The molecule has 3 aromatic rings. The van der Waals surface area contributed by atoms with Crippen LogP contribution in [0.5, 0.6) is 0 Å². The van der Waals surface area contributed by atoms with Gasteiger partial charge in [0.05, 0.1) is 17.3 Å². The maximum absolute atomic E-state index is 13.0. The number of nitrogens with two attached hydrogens (primary N) is 1. The van der Waals surface area contributed by atoms with E-state index in [1.54, 1.807) is 18.2 Å². The second kappa shape index (κ2) is 10.4. The average Bonchev–Trinajstić information content (AvgIpc) is 3.23. The number of rotatable bonds is 6. The van der Waals surface area contributed by atoms with E-state index in [2.05, 4.69) is 15.5 Å². The molecule has 1 saturated heterocycles. The maximum atomic E-state index is 13.0. The van der Waals surface area contributed by atoms with Crippen LogP contribution in [0.3, 0.4) is 0 Å². The average molecular weight is 455 g/mol. The third kappa shape index (κ3) is 5.71. The number of anilines is 3. The van der Waals surface area contributed by atoms with Crippen molar-refractivity contribution < 1.29 is 9.59 Å². The van der Waals surface area contributed by atoms with E-state index in [1.807, 2.05) is 74.6 Å². The molecule has 1 aliphatic rings. The van der Waals surface area contributed by atoms with Crippen molar-refractivity contribution in [2.45, 2.75) is 12.8 Å². The highest BCUT2D eigenvalue weighted by Crippen LogP contribution is 2.33. The Labute approximate surface area is 200 Å². The fourth-order valence-electron chi connectivity index (χ4n) is 4.29. The van der Waals surface area contributed by atoms with Crippen LogP contribution in [0.25, 0.3) is 6.08 Å². The van der Waals surface area contributed by atoms with Gasteiger partial charge in [-0.2, -0.15) is 0 Å². The van der Waals surface area contributed by atoms with Crippen LogP contribution in [0.2, 0.25) is 0 Å². The smallest absolute Gasteiger partial charge is 0.248 e. The van der Waals surface area contributed by atoms with E-state index in [1.165, 1.54) is 6.08 Å². The van der Waals surface area contributed by atoms with Crippen LogP contribution < -0.4 is 16.4 Å². The minimum Gasteiger partial charge on any atom is -0.397 e. The van der Waals surface area contributed by atoms with Crippen LogP contribution in [0, 0.1) is 12.8 Å². The summed E-state index contributed by atoms with van der Waals surface area (Å²) in [5.74, 6) is -0.223. The summed E-state index contributed by atoms with van der Waals surface area (Å²) in [5, 5.41) is 5.85. The topological polar surface area (TPSA) is 87.5 Å². The third-order valence-corrected chi connectivity index (χ3v) is 6.17. The summed E-state index contributed by atoms with van der Waals surface area (Å²) in [7, 11) is 2.04. The molecule has 1 aliphatic heterocycles. The fraction of sp³-hybridized carbons (Fsp3) is 0.214. The number of likely N-dealkylation sites (tertiary alicyclic amines) is 1. The molecule has 4 N–H and O–H groups in total. The normalized spacial score (nSPS) is 18.2. The number of para-hydroxylation sites is 2. The molecule has 34 heavy (non-hydrogen) atoms. The van der Waals surface area contributed by atoms with E-state index in [0.717, 1.165) is 28.9 Å². The van der Waals surface area contributed by atoms with E-state index >= 15 is 0 Å². The first-order valence-electron chi connectivity index (χ1n) is 11.4. The summed E-state index contributed by atoms with van der Waals surface area (Å²) in [6.45, 7) is 3.56. The van der Waals surface area contributed by atoms with Gasteiger partial charge in [-0.25, -0.2) is 0 Å². The molecule has 0 aliphatic carbocycles. The van der Waals surface area contributed by atoms with E-state index < -0.39 is 0 Å². The minimum absolute atomic E-state index is 0.0408. The summed E-state index contributed by atoms with van der Waals surface area (Å²) in [6, 6.07) is 23.0. The fourth-order valence-corrected chi connectivity index (χ4v) is 4.29. The quantitative estimate of drug-likeness (QED) is 0.378. The number of nitrogen functional groups attached to an aromatic ring is 1. The molecule has 174 valence electrons. The van der Waals surface area contributed by atoms with Gasteiger partial charge in [0.1, 0.15) is 0 Å². The first-order valence-corrected chi connectivity index (χ1v) is 11.4. The molecule has 2 amide bonds. The van der Waals surface area contributed by atoms with E-state index in [-0.39, 0.29) is 23.7 Å². The number of carbonyl (C=O) groups is 2. The number of hydrogen-bond acceptors (Lipinski definition) is 4. The molecule has 0 saturated carbocycles. The summed E-state index contributed by atoms with van der Waals surface area (Å²) in [5.41, 5.74) is 11.0. The van der Waals surface area contributed by atoms with Gasteiger partial charge in [0.15, 0.2) is 0 Å². The summed E-state index contributed by atoms with van der Waals surface area (Å²) in [4.78, 5) is 27.5. The van der Waals surface area contributed by atoms with Crippen LogP contribution >= 0.6 is 0 Å². The molecule has 0 aromatic heterocycles.